The summed E-state index contributed by atoms with van der Waals surface area (Å²) >= 11 is 0. The van der Waals surface area contributed by atoms with Gasteiger partial charge >= 0.3 is 0 Å². The predicted molar refractivity (Wildman–Crippen MR) is 66.2 cm³/mol. The van der Waals surface area contributed by atoms with Gasteiger partial charge in [-0.15, -0.1) is 0 Å². The Morgan fingerprint density at radius 3 is 2.75 bits per heavy atom. The average molecular weight is 220 g/mol. The van der Waals surface area contributed by atoms with Crippen LogP contribution in [0.1, 0.15) is 24.5 Å². The van der Waals surface area contributed by atoms with Crippen LogP contribution in [-0.4, -0.2) is 19.0 Å². The highest BCUT2D eigenvalue weighted by molar-refractivity contribution is 5.77. The molecule has 1 rings (SSSR count). The zero-order chi connectivity index (χ0) is 11.8. The number of carbonyl (C=O) groups excluding carboxylic acids is 1. The summed E-state index contributed by atoms with van der Waals surface area (Å²) in [7, 11) is 0. The van der Waals surface area contributed by atoms with Crippen LogP contribution in [0.15, 0.2) is 24.3 Å². The summed E-state index contributed by atoms with van der Waals surface area (Å²) in [5, 5.41) is 5.97. The van der Waals surface area contributed by atoms with E-state index < -0.39 is 0 Å². The third kappa shape index (κ3) is 4.45. The molecule has 0 atom stereocenters. The fourth-order valence-electron chi connectivity index (χ4n) is 1.45. The van der Waals surface area contributed by atoms with Crippen LogP contribution in [0, 0.1) is 6.92 Å². The molecule has 0 heterocycles. The number of benzene rings is 1. The summed E-state index contributed by atoms with van der Waals surface area (Å²) in [6.07, 6.45) is 0.976. The van der Waals surface area contributed by atoms with E-state index in [1.165, 1.54) is 11.1 Å². The van der Waals surface area contributed by atoms with Crippen molar-refractivity contribution >= 4 is 5.91 Å². The van der Waals surface area contributed by atoms with Gasteiger partial charge in [-0.2, -0.15) is 0 Å². The molecule has 1 amide bonds. The highest BCUT2D eigenvalue weighted by Crippen LogP contribution is 2.05. The lowest BCUT2D eigenvalue weighted by atomic mass is 10.1. The number of rotatable bonds is 6. The molecule has 0 saturated heterocycles. The van der Waals surface area contributed by atoms with Gasteiger partial charge in [0.05, 0.1) is 6.54 Å². The number of carbonyl (C=O) groups is 1. The summed E-state index contributed by atoms with van der Waals surface area (Å²) in [4.78, 5) is 11.3. The normalized spacial score (nSPS) is 10.1. The van der Waals surface area contributed by atoms with Crippen molar-refractivity contribution < 1.29 is 4.79 Å². The zero-order valence-electron chi connectivity index (χ0n) is 10.0. The van der Waals surface area contributed by atoms with Gasteiger partial charge in [0.1, 0.15) is 0 Å². The van der Waals surface area contributed by atoms with E-state index in [4.69, 9.17) is 0 Å². The molecule has 0 fully saturated rings. The molecular formula is C13H20N2O. The summed E-state index contributed by atoms with van der Waals surface area (Å²) in [5.41, 5.74) is 2.50. The van der Waals surface area contributed by atoms with Crippen molar-refractivity contribution in [3.8, 4) is 0 Å². The lowest BCUT2D eigenvalue weighted by Crippen LogP contribution is -2.34. The maximum Gasteiger partial charge on any atom is 0.233 e. The van der Waals surface area contributed by atoms with Crippen molar-refractivity contribution in [2.24, 2.45) is 0 Å². The van der Waals surface area contributed by atoms with E-state index in [1.54, 1.807) is 0 Å². The van der Waals surface area contributed by atoms with Crippen molar-refractivity contribution in [3.63, 3.8) is 0 Å². The highest BCUT2D eigenvalue weighted by Gasteiger charge is 2.00. The SMILES string of the molecule is CCCNC(=O)CNCc1ccccc1C. The van der Waals surface area contributed by atoms with Gasteiger partial charge in [0.25, 0.3) is 0 Å². The van der Waals surface area contributed by atoms with Crippen molar-refractivity contribution in [1.82, 2.24) is 10.6 Å². The maximum atomic E-state index is 11.3. The Labute approximate surface area is 97.2 Å². The second kappa shape index (κ2) is 7.01. The monoisotopic (exact) mass is 220 g/mol. The number of amides is 1. The summed E-state index contributed by atoms with van der Waals surface area (Å²) in [5.74, 6) is 0.0652. The topological polar surface area (TPSA) is 41.1 Å². The Kier molecular flexibility index (Phi) is 5.57. The van der Waals surface area contributed by atoms with Crippen LogP contribution in [-0.2, 0) is 11.3 Å². The first-order valence-corrected chi connectivity index (χ1v) is 5.76. The van der Waals surface area contributed by atoms with Gasteiger partial charge in [0.15, 0.2) is 0 Å². The van der Waals surface area contributed by atoms with Crippen LogP contribution in [0.3, 0.4) is 0 Å². The van der Waals surface area contributed by atoms with Gasteiger partial charge in [-0.25, -0.2) is 0 Å². The molecule has 3 heteroatoms. The van der Waals surface area contributed by atoms with Crippen LogP contribution in [0.2, 0.25) is 0 Å². The van der Waals surface area contributed by atoms with Crippen LogP contribution >= 0.6 is 0 Å². The first kappa shape index (κ1) is 12.7. The lowest BCUT2D eigenvalue weighted by molar-refractivity contribution is -0.120. The van der Waals surface area contributed by atoms with E-state index in [9.17, 15) is 4.79 Å². The fraction of sp³-hybridized carbons (Fsp3) is 0.462. The Balaban J connectivity index is 2.25. The number of nitrogens with one attached hydrogen (secondary N) is 2. The number of hydrogen-bond donors (Lipinski definition) is 2. The third-order valence-corrected chi connectivity index (χ3v) is 2.43. The molecule has 0 aliphatic carbocycles. The van der Waals surface area contributed by atoms with Crippen LogP contribution in [0.25, 0.3) is 0 Å². The minimum atomic E-state index is 0.0652. The molecule has 1 aromatic carbocycles. The van der Waals surface area contributed by atoms with Crippen LogP contribution in [0.5, 0.6) is 0 Å². The van der Waals surface area contributed by atoms with Gasteiger partial charge in [-0.3, -0.25) is 4.79 Å². The first-order chi connectivity index (χ1) is 7.74. The molecule has 0 bridgehead atoms. The van der Waals surface area contributed by atoms with Crippen molar-refractivity contribution in [1.29, 1.82) is 0 Å². The van der Waals surface area contributed by atoms with Crippen molar-refractivity contribution in [2.75, 3.05) is 13.1 Å². The molecule has 88 valence electrons. The average Bonchev–Trinajstić information content (AvgIpc) is 2.29. The molecule has 0 radical (unpaired) electrons. The second-order valence-electron chi connectivity index (χ2n) is 3.88. The van der Waals surface area contributed by atoms with Crippen LogP contribution < -0.4 is 10.6 Å². The van der Waals surface area contributed by atoms with E-state index in [0.717, 1.165) is 19.5 Å². The van der Waals surface area contributed by atoms with Gasteiger partial charge in [0, 0.05) is 13.1 Å². The fourth-order valence-corrected chi connectivity index (χ4v) is 1.45. The van der Waals surface area contributed by atoms with Crippen molar-refractivity contribution in [2.45, 2.75) is 26.8 Å². The van der Waals surface area contributed by atoms with Gasteiger partial charge in [-0.05, 0) is 24.5 Å². The Hall–Kier alpha value is -1.35. The number of aryl methyl sites for hydroxylation is 1. The molecule has 0 spiro atoms. The molecule has 2 N–H and O–H groups in total. The molecule has 0 aliphatic heterocycles. The van der Waals surface area contributed by atoms with Crippen molar-refractivity contribution in [3.05, 3.63) is 35.4 Å². The Morgan fingerprint density at radius 1 is 1.31 bits per heavy atom. The van der Waals surface area contributed by atoms with Crippen LogP contribution in [0.4, 0.5) is 0 Å². The smallest absolute Gasteiger partial charge is 0.233 e. The molecule has 0 aromatic heterocycles. The zero-order valence-corrected chi connectivity index (χ0v) is 10.0. The first-order valence-electron chi connectivity index (χ1n) is 5.76. The van der Waals surface area contributed by atoms with E-state index in [2.05, 4.69) is 29.7 Å². The lowest BCUT2D eigenvalue weighted by Gasteiger charge is -2.07. The van der Waals surface area contributed by atoms with E-state index >= 15 is 0 Å². The molecule has 0 saturated carbocycles. The standard InChI is InChI=1S/C13H20N2O/c1-3-8-15-13(16)10-14-9-12-7-5-4-6-11(12)2/h4-7,14H,3,8-10H2,1-2H3,(H,15,16). The molecule has 16 heavy (non-hydrogen) atoms. The molecule has 1 aromatic rings. The maximum absolute atomic E-state index is 11.3. The van der Waals surface area contributed by atoms with E-state index in [1.807, 2.05) is 19.1 Å². The largest absolute Gasteiger partial charge is 0.355 e. The number of hydrogen-bond acceptors (Lipinski definition) is 2. The summed E-state index contributed by atoms with van der Waals surface area (Å²) in [6.45, 7) is 6.00. The quantitative estimate of drug-likeness (QED) is 0.764. The molecule has 0 aliphatic rings. The molecule has 0 unspecified atom stereocenters. The molecule has 3 nitrogen and oxygen atoms in total. The predicted octanol–water partition coefficient (Wildman–Crippen LogP) is 1.61. The van der Waals surface area contributed by atoms with Gasteiger partial charge < -0.3 is 10.6 Å². The second-order valence-corrected chi connectivity index (χ2v) is 3.88. The van der Waals surface area contributed by atoms with E-state index in [-0.39, 0.29) is 5.91 Å². The molecular weight excluding hydrogens is 200 g/mol. The highest BCUT2D eigenvalue weighted by atomic mass is 16.1. The minimum Gasteiger partial charge on any atom is -0.355 e. The Bertz CT molecular complexity index is 336. The minimum absolute atomic E-state index is 0.0652. The summed E-state index contributed by atoms with van der Waals surface area (Å²) in [6, 6.07) is 8.19. The third-order valence-electron chi connectivity index (χ3n) is 2.43. The van der Waals surface area contributed by atoms with Gasteiger partial charge in [0.2, 0.25) is 5.91 Å². The van der Waals surface area contributed by atoms with Gasteiger partial charge in [-0.1, -0.05) is 31.2 Å². The van der Waals surface area contributed by atoms with E-state index in [0.29, 0.717) is 6.54 Å². The Morgan fingerprint density at radius 2 is 2.06 bits per heavy atom. The summed E-state index contributed by atoms with van der Waals surface area (Å²) < 4.78 is 0.